The highest BCUT2D eigenvalue weighted by molar-refractivity contribution is 6.31. The van der Waals surface area contributed by atoms with Crippen molar-refractivity contribution in [3.8, 4) is 22.9 Å². The minimum absolute atomic E-state index is 0.0345. The van der Waals surface area contributed by atoms with E-state index in [1.807, 2.05) is 30.3 Å². The van der Waals surface area contributed by atoms with Crippen molar-refractivity contribution >= 4 is 23.1 Å². The van der Waals surface area contributed by atoms with E-state index in [-0.39, 0.29) is 5.75 Å². The number of hydrogen-bond acceptors (Lipinski definition) is 4. The number of pyridine rings is 1. The highest BCUT2D eigenvalue weighted by atomic mass is 35.5. The van der Waals surface area contributed by atoms with E-state index in [1.165, 1.54) is 6.07 Å². The molecule has 0 amide bonds. The van der Waals surface area contributed by atoms with E-state index in [4.69, 9.17) is 11.6 Å². The smallest absolute Gasteiger partial charge is 0.148 e. The number of nitrogens with one attached hydrogen (secondary N) is 1. The van der Waals surface area contributed by atoms with Crippen molar-refractivity contribution in [3.63, 3.8) is 0 Å². The number of aromatic hydroxyl groups is 1. The van der Waals surface area contributed by atoms with Crippen LogP contribution in [0.25, 0.3) is 11.1 Å². The molecule has 1 heterocycles. The molecule has 23 heavy (non-hydrogen) atoms. The van der Waals surface area contributed by atoms with Gasteiger partial charge in [-0.15, -0.1) is 0 Å². The Morgan fingerprint density at radius 2 is 1.83 bits per heavy atom. The van der Waals surface area contributed by atoms with Crippen molar-refractivity contribution in [2.75, 3.05) is 5.32 Å². The largest absolute Gasteiger partial charge is 0.506 e. The maximum Gasteiger partial charge on any atom is 0.148 e. The van der Waals surface area contributed by atoms with Crippen molar-refractivity contribution < 1.29 is 5.11 Å². The second-order valence-electron chi connectivity index (χ2n) is 4.88. The third-order valence-corrected chi connectivity index (χ3v) is 3.56. The summed E-state index contributed by atoms with van der Waals surface area (Å²) in [4.78, 5) is 4.30. The monoisotopic (exact) mass is 321 g/mol. The summed E-state index contributed by atoms with van der Waals surface area (Å²) >= 11 is 5.93. The maximum absolute atomic E-state index is 9.86. The summed E-state index contributed by atoms with van der Waals surface area (Å²) in [5.74, 6) is 0.400. The van der Waals surface area contributed by atoms with Gasteiger partial charge >= 0.3 is 0 Å². The zero-order valence-corrected chi connectivity index (χ0v) is 12.7. The van der Waals surface area contributed by atoms with Gasteiger partial charge in [0.1, 0.15) is 17.6 Å². The molecule has 0 saturated heterocycles. The predicted octanol–water partition coefficient (Wildman–Crippen LogP) is 4.72. The molecule has 0 aliphatic heterocycles. The summed E-state index contributed by atoms with van der Waals surface area (Å²) < 4.78 is 0. The summed E-state index contributed by atoms with van der Waals surface area (Å²) in [6.07, 6.45) is 1.68. The third kappa shape index (κ3) is 3.25. The van der Waals surface area contributed by atoms with E-state index in [0.29, 0.717) is 22.1 Å². The number of phenols is 1. The van der Waals surface area contributed by atoms with Crippen molar-refractivity contribution in [1.29, 1.82) is 5.26 Å². The van der Waals surface area contributed by atoms with E-state index in [1.54, 1.807) is 24.4 Å². The third-order valence-electron chi connectivity index (χ3n) is 3.33. The lowest BCUT2D eigenvalue weighted by molar-refractivity contribution is 0.477. The Bertz CT molecular complexity index is 889. The van der Waals surface area contributed by atoms with Crippen LogP contribution in [0.15, 0.2) is 60.8 Å². The topological polar surface area (TPSA) is 68.9 Å². The molecule has 5 heteroatoms. The fourth-order valence-corrected chi connectivity index (χ4v) is 2.35. The second kappa shape index (κ2) is 6.39. The summed E-state index contributed by atoms with van der Waals surface area (Å²) in [6.45, 7) is 0. The fourth-order valence-electron chi connectivity index (χ4n) is 2.17. The molecule has 0 radical (unpaired) electrons. The van der Waals surface area contributed by atoms with Crippen LogP contribution in [0.4, 0.5) is 11.5 Å². The van der Waals surface area contributed by atoms with Crippen molar-refractivity contribution in [3.05, 3.63) is 71.4 Å². The number of nitrogens with zero attached hydrogens (tertiary/aromatic N) is 2. The average Bonchev–Trinajstić information content (AvgIpc) is 2.59. The van der Waals surface area contributed by atoms with Gasteiger partial charge in [-0.3, -0.25) is 0 Å². The first-order valence-corrected chi connectivity index (χ1v) is 7.26. The highest BCUT2D eigenvalue weighted by Crippen LogP contribution is 2.31. The molecule has 0 aliphatic carbocycles. The van der Waals surface area contributed by atoms with Crippen LogP contribution in [0.5, 0.6) is 5.75 Å². The average molecular weight is 322 g/mol. The number of aromatic nitrogens is 1. The molecule has 0 atom stereocenters. The molecule has 0 saturated carbocycles. The first-order chi connectivity index (χ1) is 11.2. The van der Waals surface area contributed by atoms with E-state index >= 15 is 0 Å². The van der Waals surface area contributed by atoms with E-state index in [2.05, 4.69) is 16.4 Å². The number of rotatable bonds is 3. The van der Waals surface area contributed by atoms with Crippen LogP contribution in [-0.2, 0) is 0 Å². The maximum atomic E-state index is 9.86. The Hall–Kier alpha value is -3.03. The molecule has 0 unspecified atom stereocenters. The van der Waals surface area contributed by atoms with Gasteiger partial charge in [-0.2, -0.15) is 5.26 Å². The quantitative estimate of drug-likeness (QED) is 0.685. The van der Waals surface area contributed by atoms with Crippen LogP contribution in [0.3, 0.4) is 0 Å². The zero-order valence-electron chi connectivity index (χ0n) is 12.0. The summed E-state index contributed by atoms with van der Waals surface area (Å²) in [5, 5.41) is 22.7. The molecule has 112 valence electrons. The minimum atomic E-state index is 0.0345. The van der Waals surface area contributed by atoms with Gasteiger partial charge in [0.2, 0.25) is 0 Å². The Morgan fingerprint density at radius 3 is 2.57 bits per heavy atom. The van der Waals surface area contributed by atoms with Crippen LogP contribution in [-0.4, -0.2) is 10.1 Å². The SMILES string of the molecule is N#Cc1cc(-c2ccccc2)cnc1Nc1cc(Cl)ccc1O. The molecular weight excluding hydrogens is 310 g/mol. The molecule has 2 N–H and O–H groups in total. The molecule has 0 bridgehead atoms. The first kappa shape index (κ1) is 14.9. The number of nitriles is 1. The number of anilines is 2. The molecule has 4 nitrogen and oxygen atoms in total. The summed E-state index contributed by atoms with van der Waals surface area (Å²) in [6, 6.07) is 18.2. The van der Waals surface area contributed by atoms with Crippen molar-refractivity contribution in [1.82, 2.24) is 4.98 Å². The van der Waals surface area contributed by atoms with Crippen molar-refractivity contribution in [2.45, 2.75) is 0 Å². The summed E-state index contributed by atoms with van der Waals surface area (Å²) in [5.41, 5.74) is 2.61. The number of hydrogen-bond donors (Lipinski definition) is 2. The van der Waals surface area contributed by atoms with Crippen LogP contribution < -0.4 is 5.32 Å². The Kier molecular flexibility index (Phi) is 4.13. The Balaban J connectivity index is 1.98. The highest BCUT2D eigenvalue weighted by Gasteiger charge is 2.09. The normalized spacial score (nSPS) is 10.1. The lowest BCUT2D eigenvalue weighted by Gasteiger charge is -2.10. The van der Waals surface area contributed by atoms with E-state index < -0.39 is 0 Å². The van der Waals surface area contributed by atoms with Gasteiger partial charge in [-0.05, 0) is 29.8 Å². The molecule has 3 aromatic rings. The standard InChI is InChI=1S/C18H12ClN3O/c19-15-6-7-17(23)16(9-15)22-18-13(10-20)8-14(11-21-18)12-4-2-1-3-5-12/h1-9,11,23H,(H,21,22). The van der Waals surface area contributed by atoms with Gasteiger partial charge in [-0.1, -0.05) is 41.9 Å². The lowest BCUT2D eigenvalue weighted by atomic mass is 10.1. The Labute approximate surface area is 138 Å². The molecule has 1 aromatic heterocycles. The van der Waals surface area contributed by atoms with Gasteiger partial charge in [0.25, 0.3) is 0 Å². The van der Waals surface area contributed by atoms with Gasteiger partial charge < -0.3 is 10.4 Å². The molecule has 3 rings (SSSR count). The van der Waals surface area contributed by atoms with Crippen molar-refractivity contribution in [2.24, 2.45) is 0 Å². The van der Waals surface area contributed by atoms with E-state index in [0.717, 1.165) is 11.1 Å². The van der Waals surface area contributed by atoms with Crippen LogP contribution >= 0.6 is 11.6 Å². The lowest BCUT2D eigenvalue weighted by Crippen LogP contribution is -1.98. The van der Waals surface area contributed by atoms with Crippen LogP contribution in [0.1, 0.15) is 5.56 Å². The molecule has 0 aliphatic rings. The minimum Gasteiger partial charge on any atom is -0.506 e. The van der Waals surface area contributed by atoms with Gasteiger partial charge in [-0.25, -0.2) is 4.98 Å². The molecule has 0 spiro atoms. The predicted molar refractivity (Wildman–Crippen MR) is 90.8 cm³/mol. The second-order valence-corrected chi connectivity index (χ2v) is 5.32. The molecule has 0 fully saturated rings. The Morgan fingerprint density at radius 1 is 1.04 bits per heavy atom. The van der Waals surface area contributed by atoms with Crippen LogP contribution in [0, 0.1) is 11.3 Å². The fraction of sp³-hybridized carbons (Fsp3) is 0. The zero-order chi connectivity index (χ0) is 16.2. The molecular formula is C18H12ClN3O. The van der Waals surface area contributed by atoms with Gasteiger partial charge in [0.05, 0.1) is 11.3 Å². The van der Waals surface area contributed by atoms with Gasteiger partial charge in [0, 0.05) is 16.8 Å². The number of phenolic OH excluding ortho intramolecular Hbond substituents is 1. The molecule has 2 aromatic carbocycles. The van der Waals surface area contributed by atoms with Crippen LogP contribution in [0.2, 0.25) is 5.02 Å². The van der Waals surface area contributed by atoms with E-state index in [9.17, 15) is 10.4 Å². The first-order valence-electron chi connectivity index (χ1n) is 6.88. The summed E-state index contributed by atoms with van der Waals surface area (Å²) in [7, 11) is 0. The number of benzene rings is 2. The van der Waals surface area contributed by atoms with Gasteiger partial charge in [0.15, 0.2) is 0 Å². The number of halogens is 1.